The van der Waals surface area contributed by atoms with E-state index in [1.54, 1.807) is 0 Å². The molecule has 0 amide bonds. The summed E-state index contributed by atoms with van der Waals surface area (Å²) in [7, 11) is 0. The summed E-state index contributed by atoms with van der Waals surface area (Å²) in [6.07, 6.45) is 3.78. The molecule has 4 heteroatoms. The van der Waals surface area contributed by atoms with E-state index in [2.05, 4.69) is 32.6 Å². The minimum atomic E-state index is 0.665. The number of nitrogens with one attached hydrogen (secondary N) is 2. The maximum Gasteiger partial charge on any atom is 0.249 e. The van der Waals surface area contributed by atoms with Crippen molar-refractivity contribution in [1.29, 1.82) is 0 Å². The van der Waals surface area contributed by atoms with Crippen molar-refractivity contribution in [1.82, 2.24) is 4.98 Å². The number of pyridine rings is 1. The van der Waals surface area contributed by atoms with Crippen LogP contribution in [-0.4, -0.2) is 4.98 Å². The second-order valence-corrected chi connectivity index (χ2v) is 3.76. The molecule has 11 heavy (non-hydrogen) atoms. The highest BCUT2D eigenvalue weighted by Gasteiger charge is 2.09. The monoisotopic (exact) mass is 279 g/mol. The number of fused-ring (bicyclic) bond motifs is 1. The van der Waals surface area contributed by atoms with E-state index in [4.69, 9.17) is 11.6 Å². The Labute approximate surface area is 82.1 Å². The molecule has 2 aromatic rings. The van der Waals surface area contributed by atoms with Crippen LogP contribution < -0.4 is 4.98 Å². The van der Waals surface area contributed by atoms with Gasteiger partial charge in [-0.3, -0.25) is 0 Å². The highest BCUT2D eigenvalue weighted by atomic mass is 127. The Kier molecular flexibility index (Phi) is 1.77. The average molecular weight is 279 g/mol. The van der Waals surface area contributed by atoms with Gasteiger partial charge in [-0.05, 0) is 22.6 Å². The molecule has 2 rings (SSSR count). The lowest BCUT2D eigenvalue weighted by molar-refractivity contribution is -0.344. The molecule has 56 valence electrons. The first-order chi connectivity index (χ1) is 5.29. The molecule has 0 aromatic carbocycles. The van der Waals surface area contributed by atoms with E-state index in [0.717, 1.165) is 10.9 Å². The van der Waals surface area contributed by atoms with Crippen LogP contribution in [0.15, 0.2) is 18.5 Å². The third kappa shape index (κ3) is 1.12. The second kappa shape index (κ2) is 2.64. The van der Waals surface area contributed by atoms with E-state index in [1.807, 2.05) is 18.5 Å². The highest BCUT2D eigenvalue weighted by molar-refractivity contribution is 14.1. The van der Waals surface area contributed by atoms with Gasteiger partial charge in [0.05, 0.1) is 5.39 Å². The smallest absolute Gasteiger partial charge is 0.249 e. The summed E-state index contributed by atoms with van der Waals surface area (Å²) in [4.78, 5) is 6.02. The van der Waals surface area contributed by atoms with Crippen molar-refractivity contribution in [2.75, 3.05) is 0 Å². The molecule has 0 atom stereocenters. The molecular formula is C7H5ClIN2+. The van der Waals surface area contributed by atoms with Crippen molar-refractivity contribution in [2.24, 2.45) is 0 Å². The van der Waals surface area contributed by atoms with Crippen molar-refractivity contribution in [3.63, 3.8) is 0 Å². The Morgan fingerprint density at radius 2 is 2.36 bits per heavy atom. The van der Waals surface area contributed by atoms with Gasteiger partial charge in [0.25, 0.3) is 0 Å². The molecule has 2 aromatic heterocycles. The summed E-state index contributed by atoms with van der Waals surface area (Å²) in [5, 5.41) is 1.80. The van der Waals surface area contributed by atoms with Gasteiger partial charge in [-0.25, -0.2) is 4.98 Å². The molecule has 0 radical (unpaired) electrons. The molecule has 0 unspecified atom stereocenters. The molecule has 2 nitrogen and oxygen atoms in total. The standard InChI is InChI=1S/C7H4ClIN2/c8-7-6-4(3-11-7)5(9)1-2-10-6/h1-3,11H/p+1. The topological polar surface area (TPSA) is 29.9 Å². The van der Waals surface area contributed by atoms with E-state index in [-0.39, 0.29) is 0 Å². The van der Waals surface area contributed by atoms with Crippen LogP contribution in [0.25, 0.3) is 10.9 Å². The molecule has 0 bridgehead atoms. The van der Waals surface area contributed by atoms with Crippen LogP contribution in [0.1, 0.15) is 0 Å². The SMILES string of the molecule is Clc1[nH]cc2c(I)cc[nH+]c12. The van der Waals surface area contributed by atoms with E-state index in [9.17, 15) is 0 Å². The van der Waals surface area contributed by atoms with Crippen molar-refractivity contribution in [3.8, 4) is 0 Å². The average Bonchev–Trinajstić information content (AvgIpc) is 2.35. The van der Waals surface area contributed by atoms with E-state index in [1.165, 1.54) is 3.57 Å². The summed E-state index contributed by atoms with van der Waals surface area (Å²) in [5.41, 5.74) is 0.971. The molecule has 0 aliphatic rings. The molecule has 0 saturated carbocycles. The van der Waals surface area contributed by atoms with Crippen LogP contribution in [0.5, 0.6) is 0 Å². The zero-order valence-corrected chi connectivity index (χ0v) is 8.40. The fourth-order valence-electron chi connectivity index (χ4n) is 1.02. The predicted molar refractivity (Wildman–Crippen MR) is 52.6 cm³/mol. The van der Waals surface area contributed by atoms with Crippen LogP contribution in [0.2, 0.25) is 5.15 Å². The van der Waals surface area contributed by atoms with Crippen molar-refractivity contribution >= 4 is 45.1 Å². The largest absolute Gasteiger partial charge is 0.346 e. The summed E-state index contributed by atoms with van der Waals surface area (Å²) >= 11 is 8.13. The lowest BCUT2D eigenvalue weighted by Gasteiger charge is -1.84. The molecule has 0 saturated heterocycles. The third-order valence-corrected chi connectivity index (χ3v) is 2.79. The molecule has 2 N–H and O–H groups in total. The molecule has 0 aliphatic carbocycles. The fraction of sp³-hybridized carbons (Fsp3) is 0. The minimum absolute atomic E-state index is 0.665. The van der Waals surface area contributed by atoms with Gasteiger partial charge in [-0.2, -0.15) is 0 Å². The van der Waals surface area contributed by atoms with Gasteiger partial charge >= 0.3 is 0 Å². The van der Waals surface area contributed by atoms with Crippen LogP contribution in [-0.2, 0) is 0 Å². The number of aromatic amines is 2. The molecule has 2 heterocycles. The first-order valence-corrected chi connectivity index (χ1v) is 4.57. The first kappa shape index (κ1) is 7.36. The normalized spacial score (nSPS) is 10.7. The van der Waals surface area contributed by atoms with E-state index in [0.29, 0.717) is 5.15 Å². The van der Waals surface area contributed by atoms with E-state index >= 15 is 0 Å². The van der Waals surface area contributed by atoms with Crippen molar-refractivity contribution in [2.45, 2.75) is 0 Å². The molecule has 0 aliphatic heterocycles. The van der Waals surface area contributed by atoms with Gasteiger partial charge in [0.15, 0.2) is 11.3 Å². The Hall–Kier alpha value is -0.290. The van der Waals surface area contributed by atoms with E-state index < -0.39 is 0 Å². The Morgan fingerprint density at radius 1 is 1.55 bits per heavy atom. The maximum absolute atomic E-state index is 5.85. The molecule has 0 fully saturated rings. The van der Waals surface area contributed by atoms with Gasteiger partial charge in [0.1, 0.15) is 0 Å². The minimum Gasteiger partial charge on any atom is -0.346 e. The number of H-pyrrole nitrogens is 2. The third-order valence-electron chi connectivity index (χ3n) is 1.55. The molecule has 0 spiro atoms. The fourth-order valence-corrected chi connectivity index (χ4v) is 1.83. The van der Waals surface area contributed by atoms with Gasteiger partial charge in [-0.15, -0.1) is 0 Å². The van der Waals surface area contributed by atoms with Crippen LogP contribution in [0.4, 0.5) is 0 Å². The van der Waals surface area contributed by atoms with Crippen LogP contribution in [0.3, 0.4) is 0 Å². The Bertz CT molecular complexity index is 396. The Balaban J connectivity index is 2.94. The predicted octanol–water partition coefficient (Wildman–Crippen LogP) is 2.24. The number of aromatic nitrogens is 2. The lowest BCUT2D eigenvalue weighted by atomic mass is 10.3. The van der Waals surface area contributed by atoms with Gasteiger partial charge in [0.2, 0.25) is 5.52 Å². The Morgan fingerprint density at radius 3 is 3.09 bits per heavy atom. The van der Waals surface area contributed by atoms with Crippen LogP contribution in [0, 0.1) is 3.57 Å². The second-order valence-electron chi connectivity index (χ2n) is 2.22. The van der Waals surface area contributed by atoms with Gasteiger partial charge in [-0.1, -0.05) is 11.6 Å². The van der Waals surface area contributed by atoms with Crippen LogP contribution >= 0.6 is 34.2 Å². The summed E-state index contributed by atoms with van der Waals surface area (Å²) in [6, 6.07) is 2.01. The van der Waals surface area contributed by atoms with Gasteiger partial charge < -0.3 is 4.98 Å². The maximum atomic E-state index is 5.85. The zero-order valence-electron chi connectivity index (χ0n) is 5.49. The number of hydrogen-bond acceptors (Lipinski definition) is 0. The lowest BCUT2D eigenvalue weighted by Crippen LogP contribution is -2.00. The zero-order chi connectivity index (χ0) is 7.84. The summed E-state index contributed by atoms with van der Waals surface area (Å²) < 4.78 is 1.19. The summed E-state index contributed by atoms with van der Waals surface area (Å²) in [6.45, 7) is 0. The van der Waals surface area contributed by atoms with Gasteiger partial charge in [0, 0.05) is 15.8 Å². The highest BCUT2D eigenvalue weighted by Crippen LogP contribution is 2.21. The molecular weight excluding hydrogens is 274 g/mol. The van der Waals surface area contributed by atoms with Crippen molar-refractivity contribution in [3.05, 3.63) is 27.2 Å². The number of hydrogen-bond donors (Lipinski definition) is 1. The first-order valence-electron chi connectivity index (χ1n) is 3.12. The summed E-state index contributed by atoms with van der Waals surface area (Å²) in [5.74, 6) is 0. The quantitative estimate of drug-likeness (QED) is 0.717. The number of halogens is 2. The van der Waals surface area contributed by atoms with Crippen molar-refractivity contribution < 1.29 is 4.98 Å². The number of rotatable bonds is 0.